The molecule has 2 aliphatic rings. The van der Waals surface area contributed by atoms with E-state index in [4.69, 9.17) is 0 Å². The molecule has 0 aromatic rings. The molecule has 0 aromatic heterocycles. The van der Waals surface area contributed by atoms with Crippen molar-refractivity contribution >= 4 is 5.78 Å². The zero-order valence-corrected chi connectivity index (χ0v) is 8.25. The predicted molar refractivity (Wildman–Crippen MR) is 52.5 cm³/mol. The second-order valence-electron chi connectivity index (χ2n) is 4.03. The number of rotatable bonds is 3. The average molecular weight is 179 g/mol. The van der Waals surface area contributed by atoms with E-state index in [9.17, 15) is 4.79 Å². The number of hydrogen-bond acceptors (Lipinski definition) is 2. The van der Waals surface area contributed by atoms with E-state index >= 15 is 0 Å². The Morgan fingerprint density at radius 1 is 1.62 bits per heavy atom. The summed E-state index contributed by atoms with van der Waals surface area (Å²) in [6.07, 6.45) is 5.46. The van der Waals surface area contributed by atoms with Crippen molar-refractivity contribution in [2.45, 2.75) is 26.2 Å². The van der Waals surface area contributed by atoms with E-state index in [1.165, 1.54) is 0 Å². The molecule has 0 saturated heterocycles. The van der Waals surface area contributed by atoms with Gasteiger partial charge in [-0.05, 0) is 25.8 Å². The van der Waals surface area contributed by atoms with E-state index in [0.29, 0.717) is 11.7 Å². The number of nitrogens with zero attached hydrogens (tertiary/aromatic N) is 1. The number of carbonyl (C=O) groups is 1. The van der Waals surface area contributed by atoms with Crippen molar-refractivity contribution in [2.24, 2.45) is 5.92 Å². The summed E-state index contributed by atoms with van der Waals surface area (Å²) in [6, 6.07) is 0. The minimum Gasteiger partial charge on any atom is -0.299 e. The highest BCUT2D eigenvalue weighted by Crippen LogP contribution is 2.33. The van der Waals surface area contributed by atoms with Crippen molar-refractivity contribution < 1.29 is 4.79 Å². The Labute approximate surface area is 79.6 Å². The van der Waals surface area contributed by atoms with Crippen LogP contribution in [0, 0.1) is 5.92 Å². The van der Waals surface area contributed by atoms with Gasteiger partial charge in [0, 0.05) is 24.6 Å². The zero-order valence-electron chi connectivity index (χ0n) is 8.25. The maximum Gasteiger partial charge on any atom is 0.162 e. The summed E-state index contributed by atoms with van der Waals surface area (Å²) < 4.78 is 0. The standard InChI is InChI=1S/C11H17NO/c1-2-12-7-3-4-10(8-12)11(13)9-5-6-9/h4,9H,2-3,5-8H2,1H3. The molecule has 0 atom stereocenters. The molecule has 2 nitrogen and oxygen atoms in total. The van der Waals surface area contributed by atoms with Crippen LogP contribution in [0.1, 0.15) is 26.2 Å². The lowest BCUT2D eigenvalue weighted by Gasteiger charge is -2.25. The van der Waals surface area contributed by atoms with Gasteiger partial charge in [0.05, 0.1) is 0 Å². The zero-order chi connectivity index (χ0) is 9.26. The molecule has 2 heteroatoms. The van der Waals surface area contributed by atoms with E-state index < -0.39 is 0 Å². The number of likely N-dealkylation sites (N-methyl/N-ethyl adjacent to an activating group) is 1. The maximum atomic E-state index is 11.7. The molecule has 0 aromatic carbocycles. The predicted octanol–water partition coefficient (Wildman–Crippen LogP) is 1.62. The van der Waals surface area contributed by atoms with Crippen LogP contribution in [0.5, 0.6) is 0 Å². The summed E-state index contributed by atoms with van der Waals surface area (Å²) in [5.41, 5.74) is 1.08. The molecular formula is C11H17NO. The number of carbonyl (C=O) groups excluding carboxylic acids is 1. The molecule has 1 fully saturated rings. The largest absolute Gasteiger partial charge is 0.299 e. The van der Waals surface area contributed by atoms with Gasteiger partial charge in [0.2, 0.25) is 0 Å². The van der Waals surface area contributed by atoms with Gasteiger partial charge in [-0.25, -0.2) is 0 Å². The van der Waals surface area contributed by atoms with Gasteiger partial charge < -0.3 is 0 Å². The summed E-state index contributed by atoms with van der Waals surface area (Å²) in [6.45, 7) is 5.24. The summed E-state index contributed by atoms with van der Waals surface area (Å²) in [4.78, 5) is 14.1. The smallest absolute Gasteiger partial charge is 0.162 e. The van der Waals surface area contributed by atoms with Gasteiger partial charge in [0.15, 0.2) is 5.78 Å². The van der Waals surface area contributed by atoms with Crippen LogP contribution >= 0.6 is 0 Å². The van der Waals surface area contributed by atoms with Gasteiger partial charge in [0.1, 0.15) is 0 Å². The first kappa shape index (κ1) is 8.95. The van der Waals surface area contributed by atoms with Crippen LogP contribution in [0.2, 0.25) is 0 Å². The molecule has 1 heterocycles. The van der Waals surface area contributed by atoms with Crippen LogP contribution < -0.4 is 0 Å². The fraction of sp³-hybridized carbons (Fsp3) is 0.727. The van der Waals surface area contributed by atoms with E-state index in [0.717, 1.165) is 44.5 Å². The highest BCUT2D eigenvalue weighted by Gasteiger charge is 2.32. The Balaban J connectivity index is 1.97. The fourth-order valence-electron chi connectivity index (χ4n) is 1.86. The molecule has 1 aliphatic heterocycles. The lowest BCUT2D eigenvalue weighted by molar-refractivity contribution is -0.117. The maximum absolute atomic E-state index is 11.7. The van der Waals surface area contributed by atoms with Crippen molar-refractivity contribution in [1.29, 1.82) is 0 Å². The van der Waals surface area contributed by atoms with Crippen LogP contribution in [0.25, 0.3) is 0 Å². The summed E-state index contributed by atoms with van der Waals surface area (Å²) in [5.74, 6) is 0.821. The van der Waals surface area contributed by atoms with Gasteiger partial charge in [0.25, 0.3) is 0 Å². The minimum absolute atomic E-state index is 0.392. The van der Waals surface area contributed by atoms with Crippen LogP contribution in [-0.2, 0) is 4.79 Å². The molecule has 72 valence electrons. The number of hydrogen-bond donors (Lipinski definition) is 0. The molecular weight excluding hydrogens is 162 g/mol. The molecule has 0 amide bonds. The van der Waals surface area contributed by atoms with E-state index in [1.54, 1.807) is 0 Å². The van der Waals surface area contributed by atoms with Crippen LogP contribution in [0.15, 0.2) is 11.6 Å². The Morgan fingerprint density at radius 2 is 2.38 bits per heavy atom. The van der Waals surface area contributed by atoms with Crippen LogP contribution in [0.4, 0.5) is 0 Å². The van der Waals surface area contributed by atoms with E-state index in [2.05, 4.69) is 17.9 Å². The van der Waals surface area contributed by atoms with Crippen molar-refractivity contribution in [2.75, 3.05) is 19.6 Å². The monoisotopic (exact) mass is 179 g/mol. The minimum atomic E-state index is 0.392. The lowest BCUT2D eigenvalue weighted by Crippen LogP contribution is -2.32. The Kier molecular flexibility index (Phi) is 2.49. The highest BCUT2D eigenvalue weighted by atomic mass is 16.1. The van der Waals surface area contributed by atoms with E-state index in [-0.39, 0.29) is 0 Å². The molecule has 0 bridgehead atoms. The molecule has 0 unspecified atom stereocenters. The first-order valence-electron chi connectivity index (χ1n) is 5.27. The second kappa shape index (κ2) is 3.62. The van der Waals surface area contributed by atoms with Crippen molar-refractivity contribution in [3.8, 4) is 0 Å². The molecule has 0 radical (unpaired) electrons. The summed E-state index contributed by atoms with van der Waals surface area (Å²) in [5, 5.41) is 0. The third-order valence-corrected chi connectivity index (χ3v) is 2.94. The highest BCUT2D eigenvalue weighted by molar-refractivity contribution is 5.99. The Bertz CT molecular complexity index is 240. The average Bonchev–Trinajstić information content (AvgIpc) is 3.00. The Morgan fingerprint density at radius 3 is 3.00 bits per heavy atom. The quantitative estimate of drug-likeness (QED) is 0.656. The SMILES string of the molecule is CCN1CCC=C(C(=O)C2CC2)C1. The molecule has 1 aliphatic carbocycles. The molecule has 2 rings (SSSR count). The normalized spacial score (nSPS) is 24.2. The molecule has 1 saturated carbocycles. The number of Topliss-reactive ketones (excluding diaryl/α,β-unsaturated/α-hetero) is 1. The lowest BCUT2D eigenvalue weighted by atomic mass is 10.0. The third kappa shape index (κ3) is 1.99. The third-order valence-electron chi connectivity index (χ3n) is 2.94. The topological polar surface area (TPSA) is 20.3 Å². The number of ketones is 1. The molecule has 0 spiro atoms. The second-order valence-corrected chi connectivity index (χ2v) is 4.03. The molecule has 13 heavy (non-hydrogen) atoms. The van der Waals surface area contributed by atoms with Crippen molar-refractivity contribution in [3.63, 3.8) is 0 Å². The van der Waals surface area contributed by atoms with Crippen molar-refractivity contribution in [1.82, 2.24) is 4.90 Å². The van der Waals surface area contributed by atoms with Gasteiger partial charge >= 0.3 is 0 Å². The van der Waals surface area contributed by atoms with Gasteiger partial charge in [-0.3, -0.25) is 9.69 Å². The van der Waals surface area contributed by atoms with Gasteiger partial charge in [-0.1, -0.05) is 13.0 Å². The first-order valence-corrected chi connectivity index (χ1v) is 5.27. The first-order chi connectivity index (χ1) is 6.31. The molecule has 0 N–H and O–H groups in total. The van der Waals surface area contributed by atoms with Crippen LogP contribution in [-0.4, -0.2) is 30.3 Å². The van der Waals surface area contributed by atoms with Crippen molar-refractivity contribution in [3.05, 3.63) is 11.6 Å². The van der Waals surface area contributed by atoms with Gasteiger partial charge in [-0.2, -0.15) is 0 Å². The van der Waals surface area contributed by atoms with Gasteiger partial charge in [-0.15, -0.1) is 0 Å². The summed E-state index contributed by atoms with van der Waals surface area (Å²) in [7, 11) is 0. The Hall–Kier alpha value is -0.630. The summed E-state index contributed by atoms with van der Waals surface area (Å²) >= 11 is 0. The van der Waals surface area contributed by atoms with Crippen LogP contribution in [0.3, 0.4) is 0 Å². The van der Waals surface area contributed by atoms with E-state index in [1.807, 2.05) is 0 Å². The fourth-order valence-corrected chi connectivity index (χ4v) is 1.86.